The Labute approximate surface area is 112 Å². The highest BCUT2D eigenvalue weighted by Crippen LogP contribution is 2.38. The maximum absolute atomic E-state index is 5.84. The summed E-state index contributed by atoms with van der Waals surface area (Å²) < 4.78 is 1.16. The number of benzene rings is 1. The van der Waals surface area contributed by atoms with Crippen molar-refractivity contribution < 1.29 is 0 Å². The minimum atomic E-state index is 0.414. The molecule has 1 aromatic carbocycles. The molecule has 1 aliphatic rings. The molecule has 0 spiro atoms. The molecule has 0 aliphatic heterocycles. The number of nitrogens with two attached hydrogens (primary N) is 1. The van der Waals surface area contributed by atoms with Crippen molar-refractivity contribution in [3.63, 3.8) is 0 Å². The molecule has 1 aliphatic carbocycles. The van der Waals surface area contributed by atoms with E-state index in [0.29, 0.717) is 5.41 Å². The van der Waals surface area contributed by atoms with Gasteiger partial charge in [0.05, 0.1) is 0 Å². The van der Waals surface area contributed by atoms with Crippen LogP contribution in [-0.2, 0) is 6.42 Å². The highest BCUT2D eigenvalue weighted by Gasteiger charge is 2.34. The molecule has 3 N–H and O–H groups in total. The van der Waals surface area contributed by atoms with E-state index in [1.165, 1.54) is 24.8 Å². The van der Waals surface area contributed by atoms with Crippen LogP contribution < -0.4 is 11.1 Å². The van der Waals surface area contributed by atoms with Gasteiger partial charge in [0.25, 0.3) is 0 Å². The van der Waals surface area contributed by atoms with E-state index >= 15 is 0 Å². The van der Waals surface area contributed by atoms with Crippen molar-refractivity contribution >= 4 is 15.9 Å². The third-order valence-electron chi connectivity index (χ3n) is 3.83. The van der Waals surface area contributed by atoms with Gasteiger partial charge in [-0.2, -0.15) is 0 Å². The molecular weight excluding hydrogens is 276 g/mol. The summed E-state index contributed by atoms with van der Waals surface area (Å²) in [5, 5.41) is 3.55. The van der Waals surface area contributed by atoms with E-state index in [1.54, 1.807) is 0 Å². The van der Waals surface area contributed by atoms with Crippen LogP contribution in [-0.4, -0.2) is 19.6 Å². The summed E-state index contributed by atoms with van der Waals surface area (Å²) in [5.41, 5.74) is 7.63. The fraction of sp³-hybridized carbons (Fsp3) is 0.571. The smallest absolute Gasteiger partial charge is 0.0178 e. The van der Waals surface area contributed by atoms with Gasteiger partial charge in [-0.25, -0.2) is 0 Å². The van der Waals surface area contributed by atoms with Crippen molar-refractivity contribution in [3.8, 4) is 0 Å². The average Bonchev–Trinajstić information content (AvgIpc) is 2.27. The zero-order valence-corrected chi connectivity index (χ0v) is 11.8. The molecule has 0 bridgehead atoms. The first-order valence-electron chi connectivity index (χ1n) is 6.39. The Hall–Kier alpha value is -0.380. The van der Waals surface area contributed by atoms with Gasteiger partial charge in [-0.1, -0.05) is 34.5 Å². The van der Waals surface area contributed by atoms with Crippen molar-refractivity contribution in [2.45, 2.75) is 25.7 Å². The highest BCUT2D eigenvalue weighted by molar-refractivity contribution is 9.10. The molecule has 0 heterocycles. The molecule has 94 valence electrons. The molecule has 0 radical (unpaired) electrons. The second kappa shape index (κ2) is 5.98. The summed E-state index contributed by atoms with van der Waals surface area (Å²) in [4.78, 5) is 0. The Morgan fingerprint density at radius 2 is 2.18 bits per heavy atom. The van der Waals surface area contributed by atoms with Gasteiger partial charge in [-0.15, -0.1) is 0 Å². The lowest BCUT2D eigenvalue weighted by molar-refractivity contribution is 0.141. The monoisotopic (exact) mass is 296 g/mol. The number of nitrogens with one attached hydrogen (secondary N) is 1. The summed E-state index contributed by atoms with van der Waals surface area (Å²) >= 11 is 3.50. The average molecular weight is 297 g/mol. The number of hydrogen-bond donors (Lipinski definition) is 2. The predicted molar refractivity (Wildman–Crippen MR) is 76.1 cm³/mol. The second-order valence-corrected chi connectivity index (χ2v) is 6.03. The number of hydrogen-bond acceptors (Lipinski definition) is 2. The topological polar surface area (TPSA) is 38.0 Å². The first-order chi connectivity index (χ1) is 8.24. The summed E-state index contributed by atoms with van der Waals surface area (Å²) in [7, 11) is 0. The van der Waals surface area contributed by atoms with Crippen LogP contribution in [0.3, 0.4) is 0 Å². The first-order valence-corrected chi connectivity index (χ1v) is 7.19. The van der Waals surface area contributed by atoms with Crippen LogP contribution in [0.1, 0.15) is 24.8 Å². The Bertz CT molecular complexity index is 355. The first kappa shape index (κ1) is 13.1. The molecule has 1 fully saturated rings. The Balaban J connectivity index is 1.69. The van der Waals surface area contributed by atoms with Gasteiger partial charge in [0, 0.05) is 11.0 Å². The molecule has 0 unspecified atom stereocenters. The van der Waals surface area contributed by atoms with E-state index in [1.807, 2.05) is 0 Å². The largest absolute Gasteiger partial charge is 0.330 e. The maximum Gasteiger partial charge on any atom is 0.0178 e. The van der Waals surface area contributed by atoms with Crippen molar-refractivity contribution in [2.24, 2.45) is 11.1 Å². The summed E-state index contributed by atoms with van der Waals surface area (Å²) in [6.45, 7) is 2.95. The molecule has 1 saturated carbocycles. The summed E-state index contributed by atoms with van der Waals surface area (Å²) in [6.07, 6.45) is 5.03. The zero-order chi connectivity index (χ0) is 12.1. The van der Waals surface area contributed by atoms with Gasteiger partial charge in [0.1, 0.15) is 0 Å². The van der Waals surface area contributed by atoms with E-state index in [-0.39, 0.29) is 0 Å². The van der Waals surface area contributed by atoms with Crippen molar-refractivity contribution in [1.29, 1.82) is 0 Å². The van der Waals surface area contributed by atoms with E-state index in [2.05, 4.69) is 45.5 Å². The molecule has 17 heavy (non-hydrogen) atoms. The van der Waals surface area contributed by atoms with Crippen LogP contribution in [0.5, 0.6) is 0 Å². The van der Waals surface area contributed by atoms with Gasteiger partial charge in [-0.05, 0) is 55.5 Å². The normalized spacial score (nSPS) is 17.8. The van der Waals surface area contributed by atoms with Crippen LogP contribution >= 0.6 is 15.9 Å². The molecule has 2 nitrogen and oxygen atoms in total. The molecule has 0 saturated heterocycles. The Morgan fingerprint density at radius 3 is 2.76 bits per heavy atom. The van der Waals surface area contributed by atoms with Crippen LogP contribution in [0.25, 0.3) is 0 Å². The number of rotatable bonds is 6. The van der Waals surface area contributed by atoms with Crippen LogP contribution in [0, 0.1) is 5.41 Å². The standard InChI is InChI=1S/C14H21BrN2/c15-13-4-1-3-12(9-13)5-8-17-11-14(10-16)6-2-7-14/h1,3-4,9,17H,2,5-8,10-11,16H2. The molecule has 1 aromatic rings. The van der Waals surface area contributed by atoms with E-state index in [0.717, 1.165) is 30.5 Å². The molecule has 0 aromatic heterocycles. The fourth-order valence-electron chi connectivity index (χ4n) is 2.41. The van der Waals surface area contributed by atoms with Crippen LogP contribution in [0.15, 0.2) is 28.7 Å². The number of halogens is 1. The van der Waals surface area contributed by atoms with Crippen molar-refractivity contribution in [3.05, 3.63) is 34.3 Å². The highest BCUT2D eigenvalue weighted by atomic mass is 79.9. The lowest BCUT2D eigenvalue weighted by Gasteiger charge is -2.41. The minimum absolute atomic E-state index is 0.414. The van der Waals surface area contributed by atoms with Gasteiger partial charge < -0.3 is 11.1 Å². The van der Waals surface area contributed by atoms with Gasteiger partial charge in [-0.3, -0.25) is 0 Å². The third-order valence-corrected chi connectivity index (χ3v) is 4.32. The fourth-order valence-corrected chi connectivity index (χ4v) is 2.86. The summed E-state index contributed by atoms with van der Waals surface area (Å²) in [6, 6.07) is 8.51. The van der Waals surface area contributed by atoms with Crippen molar-refractivity contribution in [2.75, 3.05) is 19.6 Å². The quantitative estimate of drug-likeness (QED) is 0.792. The van der Waals surface area contributed by atoms with Crippen molar-refractivity contribution in [1.82, 2.24) is 5.32 Å². The molecule has 0 amide bonds. The van der Waals surface area contributed by atoms with E-state index in [4.69, 9.17) is 5.73 Å². The molecule has 0 atom stereocenters. The van der Waals surface area contributed by atoms with Crippen LogP contribution in [0.2, 0.25) is 0 Å². The van der Waals surface area contributed by atoms with E-state index < -0.39 is 0 Å². The van der Waals surface area contributed by atoms with E-state index in [9.17, 15) is 0 Å². The maximum atomic E-state index is 5.84. The predicted octanol–water partition coefficient (Wildman–Crippen LogP) is 2.71. The van der Waals surface area contributed by atoms with Gasteiger partial charge >= 0.3 is 0 Å². The Morgan fingerprint density at radius 1 is 1.35 bits per heavy atom. The zero-order valence-electron chi connectivity index (χ0n) is 10.2. The SMILES string of the molecule is NCC1(CNCCc2cccc(Br)c2)CCC1. The second-order valence-electron chi connectivity index (χ2n) is 5.11. The van der Waals surface area contributed by atoms with Gasteiger partial charge in [0.15, 0.2) is 0 Å². The molecule has 3 heteroatoms. The molecule has 2 rings (SSSR count). The van der Waals surface area contributed by atoms with Gasteiger partial charge in [0.2, 0.25) is 0 Å². The summed E-state index contributed by atoms with van der Waals surface area (Å²) in [5.74, 6) is 0. The lowest BCUT2D eigenvalue weighted by Crippen LogP contribution is -2.45. The Kier molecular flexibility index (Phi) is 4.60. The third kappa shape index (κ3) is 3.54. The molecular formula is C14H21BrN2. The minimum Gasteiger partial charge on any atom is -0.330 e. The van der Waals surface area contributed by atoms with Crippen LogP contribution in [0.4, 0.5) is 0 Å². The lowest BCUT2D eigenvalue weighted by atomic mass is 9.69.